The third-order valence-electron chi connectivity index (χ3n) is 6.17. The zero-order valence-corrected chi connectivity index (χ0v) is 18.9. The minimum atomic E-state index is -0.758. The Bertz CT molecular complexity index is 898. The topological polar surface area (TPSA) is 89.4 Å². The molecule has 33 heavy (non-hydrogen) atoms. The molecule has 3 N–H and O–H groups in total. The number of carbonyl (C=O) groups is 1. The molecule has 2 aliphatic rings. The number of hydrazone groups is 1. The van der Waals surface area contributed by atoms with E-state index in [2.05, 4.69) is 69.4 Å². The van der Waals surface area contributed by atoms with Crippen LogP contribution >= 0.6 is 0 Å². The number of benzene rings is 2. The first-order valence-corrected chi connectivity index (χ1v) is 11.6. The number of hydrogen-bond acceptors (Lipinski definition) is 7. The van der Waals surface area contributed by atoms with E-state index in [0.29, 0.717) is 0 Å². The molecule has 4 rings (SSSR count). The Morgan fingerprint density at radius 3 is 2.55 bits per heavy atom. The summed E-state index contributed by atoms with van der Waals surface area (Å²) < 4.78 is 0. The molecular weight excluding hydrogens is 418 g/mol. The van der Waals surface area contributed by atoms with Crippen molar-refractivity contribution in [3.63, 3.8) is 0 Å². The van der Waals surface area contributed by atoms with Crippen molar-refractivity contribution in [2.24, 2.45) is 5.10 Å². The first kappa shape index (κ1) is 23.4. The normalized spacial score (nSPS) is 22.1. The van der Waals surface area contributed by atoms with E-state index in [4.69, 9.17) is 9.94 Å². The molecule has 2 heterocycles. The maximum Gasteiger partial charge on any atom is 0.317 e. The maximum absolute atomic E-state index is 10.9. The van der Waals surface area contributed by atoms with Crippen LogP contribution in [0, 0.1) is 0 Å². The molecule has 2 aliphatic heterocycles. The number of rotatable bonds is 10. The van der Waals surface area contributed by atoms with Gasteiger partial charge in [0.05, 0.1) is 24.9 Å². The van der Waals surface area contributed by atoms with E-state index in [1.54, 1.807) is 0 Å². The fourth-order valence-electron chi connectivity index (χ4n) is 4.31. The summed E-state index contributed by atoms with van der Waals surface area (Å²) in [5.74, 6) is -0.758. The minimum Gasteiger partial charge on any atom is -0.480 e. The fraction of sp³-hybridized carbons (Fsp3) is 0.440. The molecule has 2 atom stereocenters. The molecule has 0 bridgehead atoms. The molecule has 176 valence electrons. The molecule has 2 aromatic carbocycles. The smallest absolute Gasteiger partial charge is 0.317 e. The zero-order chi connectivity index (χ0) is 22.9. The van der Waals surface area contributed by atoms with Gasteiger partial charge in [0.2, 0.25) is 0 Å². The Kier molecular flexibility index (Phi) is 8.43. The Hall–Kier alpha value is -2.78. The number of hydroxylamine groups is 1. The van der Waals surface area contributed by atoms with Crippen LogP contribution in [0.3, 0.4) is 0 Å². The molecule has 2 unspecified atom stereocenters. The van der Waals surface area contributed by atoms with Gasteiger partial charge in [-0.2, -0.15) is 10.6 Å². The van der Waals surface area contributed by atoms with Crippen LogP contribution in [-0.4, -0.2) is 79.0 Å². The van der Waals surface area contributed by atoms with Gasteiger partial charge in [0.15, 0.2) is 0 Å². The van der Waals surface area contributed by atoms with Gasteiger partial charge in [0.1, 0.15) is 0 Å². The highest BCUT2D eigenvalue weighted by Crippen LogP contribution is 2.26. The molecule has 2 fully saturated rings. The van der Waals surface area contributed by atoms with Crippen molar-refractivity contribution < 1.29 is 14.7 Å². The number of nitrogens with one attached hydrogen (secondary N) is 2. The highest BCUT2D eigenvalue weighted by atomic mass is 16.7. The van der Waals surface area contributed by atoms with Crippen LogP contribution in [0.5, 0.6) is 0 Å². The molecular formula is C25H33N5O3. The zero-order valence-electron chi connectivity index (χ0n) is 18.9. The number of piperazine rings is 1. The maximum atomic E-state index is 10.9. The third kappa shape index (κ3) is 7.36. The number of carboxylic acids is 1. The van der Waals surface area contributed by atoms with E-state index in [9.17, 15) is 4.79 Å². The standard InChI is InChI=1S/C25H33N5O3/c31-25(32)19-30-14-12-29(13-15-30)18-23-16-24(28-33-23)22-8-6-21(7-9-22)17-27-26-11-10-20-4-2-1-3-5-20/h1-9,17,23-24,26,28H,10-16,18-19H2,(H,31,32). The van der Waals surface area contributed by atoms with Crippen molar-refractivity contribution in [3.05, 3.63) is 71.3 Å². The van der Waals surface area contributed by atoms with E-state index < -0.39 is 5.97 Å². The average molecular weight is 452 g/mol. The molecule has 0 aromatic heterocycles. The lowest BCUT2D eigenvalue weighted by atomic mass is 10.0. The summed E-state index contributed by atoms with van der Waals surface area (Å²) in [7, 11) is 0. The third-order valence-corrected chi connectivity index (χ3v) is 6.17. The van der Waals surface area contributed by atoms with E-state index in [0.717, 1.165) is 57.7 Å². The van der Waals surface area contributed by atoms with E-state index >= 15 is 0 Å². The molecule has 0 aliphatic carbocycles. The van der Waals surface area contributed by atoms with Crippen molar-refractivity contribution in [1.29, 1.82) is 0 Å². The summed E-state index contributed by atoms with van der Waals surface area (Å²) in [5.41, 5.74) is 9.85. The summed E-state index contributed by atoms with van der Waals surface area (Å²) >= 11 is 0. The number of hydrogen-bond donors (Lipinski definition) is 3. The van der Waals surface area contributed by atoms with Gasteiger partial charge in [-0.15, -0.1) is 0 Å². The second-order valence-electron chi connectivity index (χ2n) is 8.69. The summed E-state index contributed by atoms with van der Waals surface area (Å²) in [4.78, 5) is 21.0. The summed E-state index contributed by atoms with van der Waals surface area (Å²) in [6, 6.07) is 19.0. The summed E-state index contributed by atoms with van der Waals surface area (Å²) in [6.45, 7) is 5.14. The fourth-order valence-corrected chi connectivity index (χ4v) is 4.31. The lowest BCUT2D eigenvalue weighted by molar-refractivity contribution is -0.138. The second-order valence-corrected chi connectivity index (χ2v) is 8.69. The SMILES string of the molecule is O=C(O)CN1CCN(CC2CC(c3ccc(C=NNCCc4ccccc4)cc3)NO2)CC1. The van der Waals surface area contributed by atoms with E-state index in [1.165, 1.54) is 11.1 Å². The molecule has 0 saturated carbocycles. The van der Waals surface area contributed by atoms with Crippen LogP contribution in [-0.2, 0) is 16.1 Å². The second kappa shape index (κ2) is 11.9. The van der Waals surface area contributed by atoms with Crippen LogP contribution < -0.4 is 10.9 Å². The van der Waals surface area contributed by atoms with Gasteiger partial charge in [-0.3, -0.25) is 19.4 Å². The molecule has 0 amide bonds. The molecule has 8 nitrogen and oxygen atoms in total. The Balaban J connectivity index is 1.16. The van der Waals surface area contributed by atoms with Gasteiger partial charge in [-0.25, -0.2) is 0 Å². The van der Waals surface area contributed by atoms with Crippen molar-refractivity contribution >= 4 is 12.2 Å². The highest BCUT2D eigenvalue weighted by molar-refractivity contribution is 5.79. The lowest BCUT2D eigenvalue weighted by Crippen LogP contribution is -2.49. The number of carboxylic acid groups (broad SMARTS) is 1. The van der Waals surface area contributed by atoms with Crippen LogP contribution in [0.25, 0.3) is 0 Å². The van der Waals surface area contributed by atoms with E-state index in [-0.39, 0.29) is 18.7 Å². The number of aliphatic carboxylic acids is 1. The largest absolute Gasteiger partial charge is 0.480 e. The van der Waals surface area contributed by atoms with Gasteiger partial charge < -0.3 is 10.5 Å². The van der Waals surface area contributed by atoms with Crippen LogP contribution in [0.4, 0.5) is 0 Å². The quantitative estimate of drug-likeness (QED) is 0.289. The Morgan fingerprint density at radius 2 is 1.82 bits per heavy atom. The Labute approximate surface area is 195 Å². The summed E-state index contributed by atoms with van der Waals surface area (Å²) in [6.07, 6.45) is 3.85. The van der Waals surface area contributed by atoms with Gasteiger partial charge >= 0.3 is 5.97 Å². The molecule has 8 heteroatoms. The molecule has 0 spiro atoms. The molecule has 0 radical (unpaired) electrons. The van der Waals surface area contributed by atoms with Crippen LogP contribution in [0.15, 0.2) is 59.7 Å². The summed E-state index contributed by atoms with van der Waals surface area (Å²) in [5, 5.41) is 13.3. The van der Waals surface area contributed by atoms with Gasteiger partial charge in [-0.05, 0) is 29.5 Å². The van der Waals surface area contributed by atoms with Crippen LogP contribution in [0.1, 0.15) is 29.2 Å². The van der Waals surface area contributed by atoms with Gasteiger partial charge in [-0.1, -0.05) is 54.6 Å². The first-order chi connectivity index (χ1) is 16.2. The average Bonchev–Trinajstić information content (AvgIpc) is 3.29. The van der Waals surface area contributed by atoms with Gasteiger partial charge in [0, 0.05) is 39.3 Å². The molecule has 2 aromatic rings. The van der Waals surface area contributed by atoms with Crippen molar-refractivity contribution in [2.45, 2.75) is 25.0 Å². The van der Waals surface area contributed by atoms with Crippen molar-refractivity contribution in [2.75, 3.05) is 45.8 Å². The minimum absolute atomic E-state index is 0.127. The van der Waals surface area contributed by atoms with Gasteiger partial charge in [0.25, 0.3) is 0 Å². The highest BCUT2D eigenvalue weighted by Gasteiger charge is 2.29. The van der Waals surface area contributed by atoms with Crippen molar-refractivity contribution in [3.8, 4) is 0 Å². The van der Waals surface area contributed by atoms with Crippen LogP contribution in [0.2, 0.25) is 0 Å². The van der Waals surface area contributed by atoms with E-state index in [1.807, 2.05) is 17.2 Å². The first-order valence-electron chi connectivity index (χ1n) is 11.6. The predicted molar refractivity (Wildman–Crippen MR) is 128 cm³/mol. The molecule has 2 saturated heterocycles. The monoisotopic (exact) mass is 451 g/mol. The Morgan fingerprint density at radius 1 is 1.09 bits per heavy atom. The number of nitrogens with zero attached hydrogens (tertiary/aromatic N) is 3. The van der Waals surface area contributed by atoms with Crippen molar-refractivity contribution in [1.82, 2.24) is 20.7 Å². The lowest BCUT2D eigenvalue weighted by Gasteiger charge is -2.34. The predicted octanol–water partition coefficient (Wildman–Crippen LogP) is 1.89.